The van der Waals surface area contributed by atoms with Gasteiger partial charge in [0.2, 0.25) is 0 Å². The Morgan fingerprint density at radius 2 is 2.00 bits per heavy atom. The number of aliphatic hydroxyl groups is 2. The number of fused-ring (bicyclic) bond motifs is 5. The highest BCUT2D eigenvalue weighted by Crippen LogP contribution is 2.67. The topological polar surface area (TPSA) is 40.5 Å². The van der Waals surface area contributed by atoms with Crippen LogP contribution in [0.15, 0.2) is 0 Å². The summed E-state index contributed by atoms with van der Waals surface area (Å²) in [5.74, 6) is 1.10. The van der Waals surface area contributed by atoms with Gasteiger partial charge in [0.25, 0.3) is 0 Å². The van der Waals surface area contributed by atoms with Crippen LogP contribution < -0.4 is 0 Å². The molecule has 74 valence electrons. The van der Waals surface area contributed by atoms with Crippen LogP contribution in [0.1, 0.15) is 39.0 Å². The lowest BCUT2D eigenvalue weighted by molar-refractivity contribution is -0.147. The summed E-state index contributed by atoms with van der Waals surface area (Å²) in [5.41, 5.74) is -0.700. The molecular formula is C11H18O2. The molecule has 0 radical (unpaired) electrons. The predicted octanol–water partition coefficient (Wildman–Crippen LogP) is 1.31. The highest BCUT2D eigenvalue weighted by Gasteiger charge is 2.69. The summed E-state index contributed by atoms with van der Waals surface area (Å²) >= 11 is 0. The van der Waals surface area contributed by atoms with Crippen LogP contribution in [-0.2, 0) is 0 Å². The Morgan fingerprint density at radius 1 is 1.23 bits per heavy atom. The number of rotatable bonds is 0. The first-order valence-corrected chi connectivity index (χ1v) is 5.48. The second-order valence-electron chi connectivity index (χ2n) is 5.59. The van der Waals surface area contributed by atoms with Gasteiger partial charge in [0.15, 0.2) is 0 Å². The van der Waals surface area contributed by atoms with Crippen LogP contribution in [-0.4, -0.2) is 21.9 Å². The van der Waals surface area contributed by atoms with E-state index in [0.717, 1.165) is 25.7 Å². The third-order valence-electron chi connectivity index (χ3n) is 5.14. The van der Waals surface area contributed by atoms with Crippen LogP contribution in [0.5, 0.6) is 0 Å². The average molecular weight is 182 g/mol. The summed E-state index contributed by atoms with van der Waals surface area (Å²) in [4.78, 5) is 0. The summed E-state index contributed by atoms with van der Waals surface area (Å²) in [6, 6.07) is 0. The van der Waals surface area contributed by atoms with Gasteiger partial charge in [-0.2, -0.15) is 0 Å². The van der Waals surface area contributed by atoms with Gasteiger partial charge >= 0.3 is 0 Å². The first-order valence-electron chi connectivity index (χ1n) is 5.48. The Hall–Kier alpha value is -0.0800. The van der Waals surface area contributed by atoms with Crippen LogP contribution >= 0.6 is 0 Å². The largest absolute Gasteiger partial charge is 0.390 e. The van der Waals surface area contributed by atoms with Crippen molar-refractivity contribution in [2.75, 3.05) is 0 Å². The summed E-state index contributed by atoms with van der Waals surface area (Å²) in [5, 5.41) is 20.5. The second-order valence-corrected chi connectivity index (χ2v) is 5.59. The Labute approximate surface area is 79.0 Å². The molecule has 3 saturated carbocycles. The van der Waals surface area contributed by atoms with E-state index >= 15 is 0 Å². The zero-order valence-corrected chi connectivity index (χ0v) is 8.16. The molecule has 0 aliphatic heterocycles. The standard InChI is InChI=1S/C11H18O2/c1-10-5-4-7(6-10)8-2-3-9(12)11(8,10)13/h7-9,12-13H,2-6H2,1H3. The van der Waals surface area contributed by atoms with Crippen molar-refractivity contribution in [3.05, 3.63) is 0 Å². The van der Waals surface area contributed by atoms with E-state index in [1.807, 2.05) is 0 Å². The van der Waals surface area contributed by atoms with Crippen molar-refractivity contribution in [2.24, 2.45) is 17.3 Å². The van der Waals surface area contributed by atoms with Crippen molar-refractivity contribution in [1.82, 2.24) is 0 Å². The van der Waals surface area contributed by atoms with Gasteiger partial charge in [-0.05, 0) is 49.4 Å². The zero-order chi connectivity index (χ0) is 9.27. The lowest BCUT2D eigenvalue weighted by atomic mass is 9.68. The molecule has 13 heavy (non-hydrogen) atoms. The quantitative estimate of drug-likeness (QED) is 0.593. The summed E-state index contributed by atoms with van der Waals surface area (Å²) < 4.78 is 0. The van der Waals surface area contributed by atoms with Crippen molar-refractivity contribution in [1.29, 1.82) is 0 Å². The Bertz CT molecular complexity index is 252. The molecule has 0 aromatic rings. The van der Waals surface area contributed by atoms with Crippen molar-refractivity contribution in [3.8, 4) is 0 Å². The molecule has 0 spiro atoms. The smallest absolute Gasteiger partial charge is 0.0989 e. The molecule has 3 fully saturated rings. The number of hydrogen-bond acceptors (Lipinski definition) is 2. The number of hydrogen-bond donors (Lipinski definition) is 2. The van der Waals surface area contributed by atoms with E-state index in [4.69, 9.17) is 0 Å². The van der Waals surface area contributed by atoms with Crippen molar-refractivity contribution >= 4 is 0 Å². The Balaban J connectivity index is 2.08. The molecule has 5 atom stereocenters. The SMILES string of the molecule is CC12CCC(C1)C1CCC(O)C12O. The highest BCUT2D eigenvalue weighted by molar-refractivity contribution is 5.19. The van der Waals surface area contributed by atoms with E-state index in [1.54, 1.807) is 0 Å². The fourth-order valence-corrected chi connectivity index (χ4v) is 4.46. The molecular weight excluding hydrogens is 164 g/mol. The Kier molecular flexibility index (Phi) is 1.34. The third kappa shape index (κ3) is 0.701. The first kappa shape index (κ1) is 8.25. The van der Waals surface area contributed by atoms with Crippen LogP contribution in [0.25, 0.3) is 0 Å². The highest BCUT2D eigenvalue weighted by atomic mass is 16.3. The maximum absolute atomic E-state index is 10.6. The van der Waals surface area contributed by atoms with E-state index in [9.17, 15) is 10.2 Å². The van der Waals surface area contributed by atoms with E-state index in [2.05, 4.69) is 6.92 Å². The van der Waals surface area contributed by atoms with Gasteiger partial charge in [-0.1, -0.05) is 6.92 Å². The van der Waals surface area contributed by atoms with Crippen molar-refractivity contribution in [3.63, 3.8) is 0 Å². The molecule has 2 nitrogen and oxygen atoms in total. The maximum Gasteiger partial charge on any atom is 0.0989 e. The molecule has 0 aromatic carbocycles. The minimum atomic E-state index is -0.726. The van der Waals surface area contributed by atoms with E-state index in [0.29, 0.717) is 11.8 Å². The van der Waals surface area contributed by atoms with Crippen LogP contribution in [0.4, 0.5) is 0 Å². The molecule has 2 bridgehead atoms. The number of aliphatic hydroxyl groups excluding tert-OH is 1. The second kappa shape index (κ2) is 2.12. The Morgan fingerprint density at radius 3 is 2.69 bits per heavy atom. The zero-order valence-electron chi connectivity index (χ0n) is 8.16. The van der Waals surface area contributed by atoms with Crippen molar-refractivity contribution in [2.45, 2.75) is 50.7 Å². The minimum Gasteiger partial charge on any atom is -0.390 e. The lowest BCUT2D eigenvalue weighted by Gasteiger charge is -2.43. The molecule has 3 rings (SSSR count). The molecule has 3 aliphatic carbocycles. The van der Waals surface area contributed by atoms with E-state index < -0.39 is 11.7 Å². The normalized spacial score (nSPS) is 64.4. The molecule has 3 aliphatic rings. The van der Waals surface area contributed by atoms with Crippen LogP contribution in [0.3, 0.4) is 0 Å². The van der Waals surface area contributed by atoms with Gasteiger partial charge in [-0.15, -0.1) is 0 Å². The average Bonchev–Trinajstić information content (AvgIpc) is 2.64. The first-order chi connectivity index (χ1) is 6.08. The molecule has 2 heteroatoms. The van der Waals surface area contributed by atoms with Gasteiger partial charge in [-0.25, -0.2) is 0 Å². The van der Waals surface area contributed by atoms with Crippen LogP contribution in [0.2, 0.25) is 0 Å². The fourth-order valence-electron chi connectivity index (χ4n) is 4.46. The summed E-state index contributed by atoms with van der Waals surface area (Å²) in [7, 11) is 0. The molecule has 0 saturated heterocycles. The van der Waals surface area contributed by atoms with Gasteiger partial charge < -0.3 is 10.2 Å². The third-order valence-corrected chi connectivity index (χ3v) is 5.14. The molecule has 2 N–H and O–H groups in total. The minimum absolute atomic E-state index is 0.0260. The van der Waals surface area contributed by atoms with Gasteiger partial charge in [-0.3, -0.25) is 0 Å². The van der Waals surface area contributed by atoms with Crippen molar-refractivity contribution < 1.29 is 10.2 Å². The van der Waals surface area contributed by atoms with E-state index in [1.165, 1.54) is 6.42 Å². The molecule has 0 heterocycles. The van der Waals surface area contributed by atoms with Gasteiger partial charge in [0.1, 0.15) is 0 Å². The molecule has 0 aromatic heterocycles. The van der Waals surface area contributed by atoms with E-state index in [-0.39, 0.29) is 5.41 Å². The summed E-state index contributed by atoms with van der Waals surface area (Å²) in [6.45, 7) is 2.17. The fraction of sp³-hybridized carbons (Fsp3) is 1.00. The summed E-state index contributed by atoms with van der Waals surface area (Å²) in [6.07, 6.45) is 4.93. The van der Waals surface area contributed by atoms with Crippen LogP contribution in [0, 0.1) is 17.3 Å². The monoisotopic (exact) mass is 182 g/mol. The lowest BCUT2D eigenvalue weighted by Crippen LogP contribution is -2.53. The molecule has 0 amide bonds. The van der Waals surface area contributed by atoms with Gasteiger partial charge in [0.05, 0.1) is 11.7 Å². The van der Waals surface area contributed by atoms with Gasteiger partial charge in [0, 0.05) is 0 Å². The molecule has 5 unspecified atom stereocenters. The predicted molar refractivity (Wildman–Crippen MR) is 49.1 cm³/mol. The maximum atomic E-state index is 10.6.